The Labute approximate surface area is 160 Å². The number of nitrogens with zero attached hydrogens (tertiary/aromatic N) is 1. The lowest BCUT2D eigenvalue weighted by Gasteiger charge is -2.35. The Hall–Kier alpha value is 0.920. The molecule has 0 fully saturated rings. The Morgan fingerprint density at radius 2 is 0.955 bits per heavy atom. The SMILES string of the molecule is CCCCCCCC[N+](C)(CCCBr)CCCCCCC.[Br-]. The average molecular weight is 443 g/mol. The van der Waals surface area contributed by atoms with Crippen molar-refractivity contribution in [3.05, 3.63) is 0 Å². The molecule has 0 saturated carbocycles. The molecule has 0 rings (SSSR count). The molecule has 1 unspecified atom stereocenters. The van der Waals surface area contributed by atoms with Crippen LogP contribution in [-0.2, 0) is 0 Å². The Kier molecular flexibility index (Phi) is 20.9. The third kappa shape index (κ3) is 15.8. The minimum Gasteiger partial charge on any atom is -1.00 e. The zero-order valence-electron chi connectivity index (χ0n) is 15.5. The van der Waals surface area contributed by atoms with Crippen molar-refractivity contribution in [1.82, 2.24) is 0 Å². The summed E-state index contributed by atoms with van der Waals surface area (Å²) in [6.07, 6.45) is 16.9. The second-order valence-corrected chi connectivity index (χ2v) is 7.81. The first kappa shape index (κ1) is 25.2. The molecule has 22 heavy (non-hydrogen) atoms. The van der Waals surface area contributed by atoms with E-state index in [1.165, 1.54) is 101 Å². The molecule has 0 saturated heterocycles. The van der Waals surface area contributed by atoms with Crippen molar-refractivity contribution in [3.63, 3.8) is 0 Å². The quantitative estimate of drug-likeness (QED) is 0.195. The predicted octanol–water partition coefficient (Wildman–Crippen LogP) is 3.55. The van der Waals surface area contributed by atoms with Crippen molar-refractivity contribution in [2.75, 3.05) is 32.0 Å². The van der Waals surface area contributed by atoms with Gasteiger partial charge in [-0.25, -0.2) is 0 Å². The third-order valence-corrected chi connectivity index (χ3v) is 5.25. The molecule has 0 N–H and O–H groups in total. The smallest absolute Gasteiger partial charge is 0.0792 e. The summed E-state index contributed by atoms with van der Waals surface area (Å²) in [7, 11) is 2.49. The van der Waals surface area contributed by atoms with Gasteiger partial charge < -0.3 is 21.5 Å². The fraction of sp³-hybridized carbons (Fsp3) is 1.00. The van der Waals surface area contributed by atoms with E-state index in [0.29, 0.717) is 0 Å². The van der Waals surface area contributed by atoms with Crippen LogP contribution in [0.3, 0.4) is 0 Å². The summed E-state index contributed by atoms with van der Waals surface area (Å²) in [5, 5.41) is 1.16. The van der Waals surface area contributed by atoms with Gasteiger partial charge >= 0.3 is 0 Å². The number of hydrogen-bond acceptors (Lipinski definition) is 0. The van der Waals surface area contributed by atoms with Crippen molar-refractivity contribution in [1.29, 1.82) is 0 Å². The summed E-state index contributed by atoms with van der Waals surface area (Å²) >= 11 is 3.60. The van der Waals surface area contributed by atoms with Gasteiger partial charge in [-0.05, 0) is 25.7 Å². The normalized spacial score (nSPS) is 13.6. The third-order valence-electron chi connectivity index (χ3n) is 4.68. The van der Waals surface area contributed by atoms with E-state index < -0.39 is 0 Å². The zero-order valence-corrected chi connectivity index (χ0v) is 18.7. The maximum Gasteiger partial charge on any atom is 0.0792 e. The highest BCUT2D eigenvalue weighted by Gasteiger charge is 2.19. The minimum absolute atomic E-state index is 0. The van der Waals surface area contributed by atoms with E-state index in [1.807, 2.05) is 0 Å². The summed E-state index contributed by atoms with van der Waals surface area (Å²) in [5.41, 5.74) is 0. The minimum atomic E-state index is 0. The van der Waals surface area contributed by atoms with Crippen LogP contribution >= 0.6 is 15.9 Å². The van der Waals surface area contributed by atoms with E-state index in [4.69, 9.17) is 0 Å². The Balaban J connectivity index is 0. The van der Waals surface area contributed by atoms with Crippen LogP contribution in [0.4, 0.5) is 0 Å². The highest BCUT2D eigenvalue weighted by molar-refractivity contribution is 9.09. The largest absolute Gasteiger partial charge is 1.00 e. The highest BCUT2D eigenvalue weighted by atomic mass is 79.9. The van der Waals surface area contributed by atoms with Crippen LogP contribution in [-0.4, -0.2) is 36.5 Å². The number of unbranched alkanes of at least 4 members (excludes halogenated alkanes) is 9. The van der Waals surface area contributed by atoms with Gasteiger partial charge in [0.1, 0.15) is 0 Å². The summed E-state index contributed by atoms with van der Waals surface area (Å²) in [6.45, 7) is 8.74. The molecule has 0 aromatic rings. The molecular formula is C19H41Br2N. The molecule has 0 aromatic carbocycles. The summed E-state index contributed by atoms with van der Waals surface area (Å²) in [6, 6.07) is 0. The van der Waals surface area contributed by atoms with Gasteiger partial charge in [0.25, 0.3) is 0 Å². The van der Waals surface area contributed by atoms with Crippen molar-refractivity contribution in [2.45, 2.75) is 90.9 Å². The van der Waals surface area contributed by atoms with Crippen LogP contribution in [0, 0.1) is 0 Å². The Bertz CT molecular complexity index is 212. The molecule has 1 nitrogen and oxygen atoms in total. The Morgan fingerprint density at radius 1 is 0.591 bits per heavy atom. The molecule has 0 aromatic heterocycles. The molecule has 0 bridgehead atoms. The van der Waals surface area contributed by atoms with Crippen molar-refractivity contribution < 1.29 is 21.5 Å². The lowest BCUT2D eigenvalue weighted by Crippen LogP contribution is -3.00. The zero-order chi connectivity index (χ0) is 15.8. The van der Waals surface area contributed by atoms with E-state index >= 15 is 0 Å². The van der Waals surface area contributed by atoms with E-state index in [2.05, 4.69) is 36.8 Å². The van der Waals surface area contributed by atoms with Crippen LogP contribution < -0.4 is 17.0 Å². The van der Waals surface area contributed by atoms with Gasteiger partial charge in [-0.15, -0.1) is 0 Å². The number of halogens is 2. The fourth-order valence-corrected chi connectivity index (χ4v) is 3.40. The molecule has 136 valence electrons. The van der Waals surface area contributed by atoms with E-state index in [9.17, 15) is 0 Å². The number of rotatable bonds is 16. The van der Waals surface area contributed by atoms with Crippen LogP contribution in [0.1, 0.15) is 90.9 Å². The lowest BCUT2D eigenvalue weighted by molar-refractivity contribution is -0.910. The molecule has 0 spiro atoms. The molecule has 0 amide bonds. The summed E-state index contributed by atoms with van der Waals surface area (Å²) in [4.78, 5) is 0. The summed E-state index contributed by atoms with van der Waals surface area (Å²) < 4.78 is 1.31. The van der Waals surface area contributed by atoms with E-state index in [0.717, 1.165) is 5.33 Å². The molecule has 0 aliphatic rings. The van der Waals surface area contributed by atoms with E-state index in [1.54, 1.807) is 0 Å². The molecule has 3 heteroatoms. The summed E-state index contributed by atoms with van der Waals surface area (Å²) in [5.74, 6) is 0. The molecule has 0 heterocycles. The lowest BCUT2D eigenvalue weighted by atomic mass is 10.1. The topological polar surface area (TPSA) is 0 Å². The van der Waals surface area contributed by atoms with Gasteiger partial charge in [0.15, 0.2) is 0 Å². The average Bonchev–Trinajstić information content (AvgIpc) is 2.49. The van der Waals surface area contributed by atoms with Gasteiger partial charge in [-0.2, -0.15) is 0 Å². The highest BCUT2D eigenvalue weighted by Crippen LogP contribution is 2.14. The van der Waals surface area contributed by atoms with Crippen molar-refractivity contribution >= 4 is 15.9 Å². The first-order valence-electron chi connectivity index (χ1n) is 9.58. The molecule has 0 aliphatic carbocycles. The number of quaternary nitrogens is 1. The standard InChI is InChI=1S/C19H41BrN.BrH/c1-4-6-8-10-12-14-18-21(3,19-15-16-20)17-13-11-9-7-5-2;/h4-19H2,1-3H3;1H/q+1;/p-1. The molecule has 0 aliphatic heterocycles. The predicted molar refractivity (Wildman–Crippen MR) is 101 cm³/mol. The maximum absolute atomic E-state index is 3.60. The maximum atomic E-state index is 3.60. The van der Waals surface area contributed by atoms with Crippen molar-refractivity contribution in [2.24, 2.45) is 0 Å². The van der Waals surface area contributed by atoms with Crippen LogP contribution in [0.25, 0.3) is 0 Å². The second kappa shape index (κ2) is 18.3. The van der Waals surface area contributed by atoms with Gasteiger partial charge in [-0.3, -0.25) is 0 Å². The molecule has 0 radical (unpaired) electrons. The number of alkyl halides is 1. The van der Waals surface area contributed by atoms with Crippen molar-refractivity contribution in [3.8, 4) is 0 Å². The van der Waals surface area contributed by atoms with Crippen LogP contribution in [0.2, 0.25) is 0 Å². The van der Waals surface area contributed by atoms with Gasteiger partial charge in [0, 0.05) is 11.8 Å². The van der Waals surface area contributed by atoms with E-state index in [-0.39, 0.29) is 17.0 Å². The fourth-order valence-electron chi connectivity index (χ4n) is 3.15. The van der Waals surface area contributed by atoms with Crippen LogP contribution in [0.5, 0.6) is 0 Å². The monoisotopic (exact) mass is 441 g/mol. The van der Waals surface area contributed by atoms with Gasteiger partial charge in [-0.1, -0.05) is 74.7 Å². The van der Waals surface area contributed by atoms with Crippen LogP contribution in [0.15, 0.2) is 0 Å². The second-order valence-electron chi connectivity index (χ2n) is 7.01. The molecular weight excluding hydrogens is 402 g/mol. The number of hydrogen-bond donors (Lipinski definition) is 0. The first-order chi connectivity index (χ1) is 10.2. The Morgan fingerprint density at radius 3 is 1.36 bits per heavy atom. The van der Waals surface area contributed by atoms with Gasteiger partial charge in [0.05, 0.1) is 26.7 Å². The molecule has 1 atom stereocenters. The first-order valence-corrected chi connectivity index (χ1v) is 10.7. The van der Waals surface area contributed by atoms with Gasteiger partial charge in [0.2, 0.25) is 0 Å².